The maximum atomic E-state index is 5.00. The molecule has 0 atom stereocenters. The molecule has 378 valence electrons. The number of hydrogen-bond acceptors (Lipinski definition) is 4. The first-order valence-corrected chi connectivity index (χ1v) is 26.0. The van der Waals surface area contributed by atoms with E-state index in [9.17, 15) is 0 Å². The van der Waals surface area contributed by atoms with Gasteiger partial charge in [0.15, 0.2) is 0 Å². The van der Waals surface area contributed by atoms with Crippen molar-refractivity contribution in [3.63, 3.8) is 0 Å². The Morgan fingerprint density at radius 3 is 1.64 bits per heavy atom. The third-order valence-corrected chi connectivity index (χ3v) is 15.4. The van der Waals surface area contributed by atoms with Crippen LogP contribution in [0.15, 0.2) is 231 Å². The van der Waals surface area contributed by atoms with Gasteiger partial charge in [0, 0.05) is 66.4 Å². The third kappa shape index (κ3) is 9.11. The summed E-state index contributed by atoms with van der Waals surface area (Å²) in [5.74, 6) is 0.867. The zero-order valence-corrected chi connectivity index (χ0v) is 46.3. The number of fused-ring (bicyclic) bond motifs is 4. The number of pyridine rings is 1. The molecule has 0 fully saturated rings. The van der Waals surface area contributed by atoms with Gasteiger partial charge in [-0.1, -0.05) is 211 Å². The first-order chi connectivity index (χ1) is 36.3. The average molecular weight is 1170 g/mol. The van der Waals surface area contributed by atoms with Crippen LogP contribution in [-0.4, -0.2) is 9.55 Å². The van der Waals surface area contributed by atoms with E-state index < -0.39 is 0 Å². The Morgan fingerprint density at radius 1 is 0.447 bits per heavy atom. The second-order valence-corrected chi connectivity index (χ2v) is 21.9. The minimum atomic E-state index is -0.285. The van der Waals surface area contributed by atoms with Crippen LogP contribution in [0.4, 0.5) is 39.8 Å². The van der Waals surface area contributed by atoms with Gasteiger partial charge in [0.25, 0.3) is 0 Å². The largest absolute Gasteiger partial charge is 0.493 e. The zero-order chi connectivity index (χ0) is 51.5. The number of para-hydroxylation sites is 4. The van der Waals surface area contributed by atoms with E-state index in [1.807, 2.05) is 6.20 Å². The molecule has 0 saturated carbocycles. The molecule has 0 N–H and O–H groups in total. The van der Waals surface area contributed by atoms with Crippen molar-refractivity contribution >= 4 is 61.6 Å². The van der Waals surface area contributed by atoms with Gasteiger partial charge in [-0.05, 0) is 98.8 Å². The summed E-state index contributed by atoms with van der Waals surface area (Å²) in [5, 5.41) is 2.27. The maximum Gasteiger partial charge on any atom is 0.135 e. The Balaban J connectivity index is 0.00000616. The van der Waals surface area contributed by atoms with E-state index in [2.05, 4.69) is 311 Å². The Bertz CT molecular complexity index is 3790. The van der Waals surface area contributed by atoms with Gasteiger partial charge in [-0.25, -0.2) is 4.98 Å². The van der Waals surface area contributed by atoms with Crippen LogP contribution in [0.5, 0.6) is 0 Å². The van der Waals surface area contributed by atoms with Crippen molar-refractivity contribution in [3.05, 3.63) is 277 Å². The standard InChI is InChI=1S/C70H60N5.Pt/c1-68(2,3)53-38-39-71-67(45-53)75-63-33-21-20-32-61(63)62-37-36-57(47-66(62)75)74(56-30-18-11-19-31-56)60-41-50(49-24-12-8-13-25-49)40-58(46-60)72-48-73(65-35-23-22-34-64(65)72)59-43-54(69(4,5)51-26-14-9-15-27-51)42-55(44-59)70(6,7)52-28-16-10-17-29-52;/h8-45,48H,1-7H3;/q-3;. The number of anilines is 7. The molecule has 1 aliphatic rings. The van der Waals surface area contributed by atoms with Gasteiger partial charge in [0.05, 0.1) is 0 Å². The van der Waals surface area contributed by atoms with Crippen LogP contribution in [0.25, 0.3) is 38.8 Å². The zero-order valence-electron chi connectivity index (χ0n) is 44.1. The quantitative estimate of drug-likeness (QED) is 0.121. The fourth-order valence-corrected chi connectivity index (χ4v) is 10.9. The van der Waals surface area contributed by atoms with Crippen molar-refractivity contribution in [1.82, 2.24) is 9.55 Å². The molecular formula is C70H60N5Pt-3. The first-order valence-electron chi connectivity index (χ1n) is 26.0. The molecule has 76 heavy (non-hydrogen) atoms. The smallest absolute Gasteiger partial charge is 0.135 e. The number of rotatable bonds is 11. The molecule has 0 spiro atoms. The van der Waals surface area contributed by atoms with Gasteiger partial charge in [-0.3, -0.25) is 0 Å². The molecule has 12 rings (SSSR count). The minimum Gasteiger partial charge on any atom is -0.493 e. The number of nitrogens with zero attached hydrogens (tertiary/aromatic N) is 5. The summed E-state index contributed by atoms with van der Waals surface area (Å²) in [7, 11) is 0. The molecule has 9 aromatic carbocycles. The Kier molecular flexibility index (Phi) is 13.2. The van der Waals surface area contributed by atoms with E-state index in [4.69, 9.17) is 4.98 Å². The summed E-state index contributed by atoms with van der Waals surface area (Å²) >= 11 is 0. The number of benzene rings is 9. The first kappa shape index (κ1) is 50.2. The summed E-state index contributed by atoms with van der Waals surface area (Å²) in [6, 6.07) is 89.0. The minimum absolute atomic E-state index is 0. The molecule has 5 nitrogen and oxygen atoms in total. The Labute approximate surface area is 463 Å². The van der Waals surface area contributed by atoms with Crippen molar-refractivity contribution in [2.24, 2.45) is 0 Å². The molecule has 3 heterocycles. The van der Waals surface area contributed by atoms with Gasteiger partial charge < -0.3 is 19.3 Å². The summed E-state index contributed by atoms with van der Waals surface area (Å²) in [5.41, 5.74) is 16.8. The van der Waals surface area contributed by atoms with E-state index in [0.29, 0.717) is 0 Å². The van der Waals surface area contributed by atoms with Crippen LogP contribution in [0.2, 0.25) is 0 Å². The molecule has 6 heteroatoms. The fourth-order valence-electron chi connectivity index (χ4n) is 10.9. The van der Waals surface area contributed by atoms with Gasteiger partial charge in [-0.2, -0.15) is 6.07 Å². The molecular weight excluding hydrogens is 1110 g/mol. The molecule has 2 aromatic heterocycles. The van der Waals surface area contributed by atoms with Crippen molar-refractivity contribution in [2.75, 3.05) is 14.7 Å². The predicted molar refractivity (Wildman–Crippen MR) is 314 cm³/mol. The molecule has 0 bridgehead atoms. The average Bonchev–Trinajstić information content (AvgIpc) is 4.00. The van der Waals surface area contributed by atoms with Crippen molar-refractivity contribution < 1.29 is 21.1 Å². The van der Waals surface area contributed by atoms with E-state index >= 15 is 0 Å². The number of hydrogen-bond donors (Lipinski definition) is 0. The van der Waals surface area contributed by atoms with Crippen molar-refractivity contribution in [1.29, 1.82) is 0 Å². The van der Waals surface area contributed by atoms with Crippen LogP contribution in [0.3, 0.4) is 0 Å². The summed E-state index contributed by atoms with van der Waals surface area (Å²) in [6.45, 7) is 18.4. The van der Waals surface area contributed by atoms with Crippen LogP contribution in [-0.2, 0) is 37.3 Å². The monoisotopic (exact) mass is 1170 g/mol. The Morgan fingerprint density at radius 2 is 1.01 bits per heavy atom. The van der Waals surface area contributed by atoms with Gasteiger partial charge in [-0.15, -0.1) is 53.6 Å². The molecule has 0 saturated heterocycles. The maximum absolute atomic E-state index is 5.00. The molecule has 0 radical (unpaired) electrons. The van der Waals surface area contributed by atoms with Crippen LogP contribution in [0.1, 0.15) is 76.3 Å². The van der Waals surface area contributed by atoms with Gasteiger partial charge in [0.2, 0.25) is 0 Å². The van der Waals surface area contributed by atoms with E-state index in [0.717, 1.165) is 78.6 Å². The topological polar surface area (TPSA) is 27.5 Å². The summed E-state index contributed by atoms with van der Waals surface area (Å²) in [4.78, 5) is 12.0. The van der Waals surface area contributed by atoms with E-state index in [1.165, 1.54) is 27.8 Å². The fraction of sp³-hybridized carbons (Fsp3) is 0.143. The van der Waals surface area contributed by atoms with Crippen LogP contribution < -0.4 is 14.7 Å². The normalized spacial score (nSPS) is 12.7. The van der Waals surface area contributed by atoms with E-state index in [1.54, 1.807) is 0 Å². The number of aromatic nitrogens is 2. The summed E-state index contributed by atoms with van der Waals surface area (Å²) < 4.78 is 2.27. The van der Waals surface area contributed by atoms with Gasteiger partial charge in [0.1, 0.15) is 5.82 Å². The molecule has 0 aliphatic carbocycles. The van der Waals surface area contributed by atoms with Crippen LogP contribution in [0, 0.1) is 18.8 Å². The molecule has 11 aromatic rings. The van der Waals surface area contributed by atoms with Crippen LogP contribution >= 0.6 is 0 Å². The molecule has 0 amide bonds. The second kappa shape index (κ2) is 19.9. The molecule has 1 aliphatic heterocycles. The second-order valence-electron chi connectivity index (χ2n) is 21.9. The Hall–Kier alpha value is -7.98. The van der Waals surface area contributed by atoms with Crippen molar-refractivity contribution in [2.45, 2.75) is 64.7 Å². The van der Waals surface area contributed by atoms with Gasteiger partial charge >= 0.3 is 0 Å². The SMILES string of the molecule is CC(C)(C)c1ccnc(-n2c3[c-]c(N(c4[c-]c(N5[CH-]N(c6cc(C(C)(C)c7ccccc7)cc(C(C)(C)c7ccccc7)c6)c6ccccc65)cc(-c5ccccc5)c4)c4ccccc4)ccc3c3ccccc32)c1.[Pt]. The van der Waals surface area contributed by atoms with Crippen molar-refractivity contribution in [3.8, 4) is 16.9 Å². The predicted octanol–water partition coefficient (Wildman–Crippen LogP) is 18.3. The van der Waals surface area contributed by atoms with E-state index in [-0.39, 0.29) is 37.3 Å². The summed E-state index contributed by atoms with van der Waals surface area (Å²) in [6.07, 6.45) is 1.93. The third-order valence-electron chi connectivity index (χ3n) is 15.4. The molecule has 0 unspecified atom stereocenters.